The molecule has 0 aliphatic carbocycles. The lowest BCUT2D eigenvalue weighted by atomic mass is 9.94. The molecule has 1 aliphatic rings. The van der Waals surface area contributed by atoms with E-state index in [0.29, 0.717) is 38.0 Å². The number of Topliss-reactive ketones (excluding diaryl/α,β-unsaturated/α-hetero) is 1. The maximum Gasteiger partial charge on any atom is 0.253 e. The minimum absolute atomic E-state index is 0.0821. The van der Waals surface area contributed by atoms with Crippen molar-refractivity contribution in [3.8, 4) is 0 Å². The van der Waals surface area contributed by atoms with Crippen LogP contribution in [0.3, 0.4) is 0 Å². The Bertz CT molecular complexity index is 1060. The summed E-state index contributed by atoms with van der Waals surface area (Å²) in [6.07, 6.45) is 2.53. The van der Waals surface area contributed by atoms with Gasteiger partial charge in [0, 0.05) is 25.9 Å². The van der Waals surface area contributed by atoms with E-state index in [0.717, 1.165) is 23.1 Å². The van der Waals surface area contributed by atoms with E-state index >= 15 is 0 Å². The summed E-state index contributed by atoms with van der Waals surface area (Å²) < 4.78 is 0. The van der Waals surface area contributed by atoms with Crippen molar-refractivity contribution in [2.24, 2.45) is 0 Å². The summed E-state index contributed by atoms with van der Waals surface area (Å²) in [5.74, 6) is 0.240. The van der Waals surface area contributed by atoms with Gasteiger partial charge < -0.3 is 10.6 Å². The summed E-state index contributed by atoms with van der Waals surface area (Å²) in [5.41, 5.74) is 9.67. The first-order valence-electron chi connectivity index (χ1n) is 11.0. The number of benzene rings is 1. The van der Waals surface area contributed by atoms with Crippen LogP contribution < -0.4 is 21.5 Å². The Balaban J connectivity index is 0.000000807. The van der Waals surface area contributed by atoms with Crippen LogP contribution in [-0.4, -0.2) is 12.3 Å². The second-order valence-corrected chi connectivity index (χ2v) is 7.82. The molecule has 31 heavy (non-hydrogen) atoms. The van der Waals surface area contributed by atoms with Crippen LogP contribution in [0.25, 0.3) is 0 Å². The van der Waals surface area contributed by atoms with Crippen molar-refractivity contribution in [3.05, 3.63) is 77.7 Å². The number of ketones is 1. The minimum atomic E-state index is -0.575. The van der Waals surface area contributed by atoms with Gasteiger partial charge in [-0.05, 0) is 51.9 Å². The molecule has 0 bridgehead atoms. The Kier molecular flexibility index (Phi) is 9.19. The summed E-state index contributed by atoms with van der Waals surface area (Å²) in [5, 5.41) is 4.00. The Morgan fingerprint density at radius 2 is 1.77 bits per heavy atom. The number of rotatable bonds is 6. The van der Waals surface area contributed by atoms with Gasteiger partial charge in [0.2, 0.25) is 0 Å². The van der Waals surface area contributed by atoms with Crippen molar-refractivity contribution in [1.82, 2.24) is 0 Å². The molecular formula is C25H32N2O3S. The lowest BCUT2D eigenvalue weighted by Gasteiger charge is -2.32. The van der Waals surface area contributed by atoms with E-state index in [1.54, 1.807) is 11.3 Å². The van der Waals surface area contributed by atoms with Crippen LogP contribution in [0, 0.1) is 0 Å². The third kappa shape index (κ3) is 5.70. The summed E-state index contributed by atoms with van der Waals surface area (Å²) in [7, 11) is 0. The van der Waals surface area contributed by atoms with Gasteiger partial charge in [0.1, 0.15) is 17.2 Å². The molecule has 0 amide bonds. The predicted molar refractivity (Wildman–Crippen MR) is 131 cm³/mol. The number of hydrogen-bond acceptors (Lipinski definition) is 6. The zero-order chi connectivity index (χ0) is 23.0. The molecule has 4 rings (SSSR count). The molecule has 0 fully saturated rings. The van der Waals surface area contributed by atoms with Gasteiger partial charge in [-0.25, -0.2) is 0 Å². The van der Waals surface area contributed by atoms with Crippen molar-refractivity contribution in [3.63, 3.8) is 0 Å². The first kappa shape index (κ1) is 24.5. The minimum Gasteiger partial charge on any atom is -0.394 e. The standard InChI is InChI=1S/C21H20N2O3S.2C2H6/c22-18-19(21(26)20(18)25)23-7-5-15-3-1-13(9-16(15)11-23)2-4-17(24)10-14-6-8-27-12-14;2*1-2/h1,3,6,8-9,12H,2,4-5,7,10-11,22H2;2*1-2H3. The Hall–Kier alpha value is -2.73. The molecule has 0 unspecified atom stereocenters. The summed E-state index contributed by atoms with van der Waals surface area (Å²) in [6, 6.07) is 8.29. The molecule has 3 aromatic rings. The quantitative estimate of drug-likeness (QED) is 0.579. The monoisotopic (exact) mass is 440 g/mol. The van der Waals surface area contributed by atoms with E-state index in [2.05, 4.69) is 18.2 Å². The second-order valence-electron chi connectivity index (χ2n) is 7.04. The van der Waals surface area contributed by atoms with Crippen LogP contribution in [0.1, 0.15) is 56.4 Å². The second kappa shape index (κ2) is 11.6. The molecule has 1 aliphatic heterocycles. The van der Waals surface area contributed by atoms with Crippen LogP contribution in [0.2, 0.25) is 0 Å². The number of carbonyl (C=O) groups is 1. The van der Waals surface area contributed by atoms with E-state index in [4.69, 9.17) is 5.73 Å². The normalized spacial score (nSPS) is 12.3. The fourth-order valence-corrected chi connectivity index (χ4v) is 4.33. The van der Waals surface area contributed by atoms with Gasteiger partial charge in [0.15, 0.2) is 0 Å². The highest BCUT2D eigenvalue weighted by molar-refractivity contribution is 7.08. The molecule has 1 aromatic heterocycles. The maximum atomic E-state index is 12.2. The van der Waals surface area contributed by atoms with Gasteiger partial charge in [-0.2, -0.15) is 11.3 Å². The highest BCUT2D eigenvalue weighted by atomic mass is 32.1. The number of carbonyl (C=O) groups excluding carboxylic acids is 1. The van der Waals surface area contributed by atoms with Crippen LogP contribution in [0.15, 0.2) is 44.6 Å². The number of nitrogens with zero attached hydrogens (tertiary/aromatic N) is 1. The molecular weight excluding hydrogens is 408 g/mol. The van der Waals surface area contributed by atoms with Gasteiger partial charge >= 0.3 is 0 Å². The topological polar surface area (TPSA) is 80.5 Å². The molecule has 5 nitrogen and oxygen atoms in total. The third-order valence-electron chi connectivity index (χ3n) is 5.19. The largest absolute Gasteiger partial charge is 0.394 e. The predicted octanol–water partition coefficient (Wildman–Crippen LogP) is 4.29. The number of nitrogen functional groups attached to an aromatic ring is 1. The number of nitrogens with two attached hydrogens (primary N) is 1. The van der Waals surface area contributed by atoms with Crippen molar-refractivity contribution in [2.75, 3.05) is 17.2 Å². The molecule has 0 radical (unpaired) electrons. The zero-order valence-electron chi connectivity index (χ0n) is 18.9. The Morgan fingerprint density at radius 1 is 1.03 bits per heavy atom. The number of thiophene rings is 1. The van der Waals surface area contributed by atoms with E-state index in [-0.39, 0.29) is 11.5 Å². The molecule has 2 heterocycles. The van der Waals surface area contributed by atoms with Crippen molar-refractivity contribution in [1.29, 1.82) is 0 Å². The van der Waals surface area contributed by atoms with E-state index < -0.39 is 10.9 Å². The van der Waals surface area contributed by atoms with Crippen molar-refractivity contribution >= 4 is 28.5 Å². The number of aryl methyl sites for hydroxylation is 1. The van der Waals surface area contributed by atoms with Crippen molar-refractivity contribution < 1.29 is 4.79 Å². The molecule has 0 saturated carbocycles. The van der Waals surface area contributed by atoms with Gasteiger partial charge in [-0.1, -0.05) is 45.9 Å². The third-order valence-corrected chi connectivity index (χ3v) is 5.93. The zero-order valence-corrected chi connectivity index (χ0v) is 19.7. The van der Waals surface area contributed by atoms with Gasteiger partial charge in [0.25, 0.3) is 10.9 Å². The van der Waals surface area contributed by atoms with E-state index in [9.17, 15) is 14.4 Å². The highest BCUT2D eigenvalue weighted by Gasteiger charge is 2.26. The van der Waals surface area contributed by atoms with Gasteiger partial charge in [-0.15, -0.1) is 0 Å². The van der Waals surface area contributed by atoms with E-state index in [1.807, 2.05) is 49.4 Å². The summed E-state index contributed by atoms with van der Waals surface area (Å²) >= 11 is 1.61. The lowest BCUT2D eigenvalue weighted by molar-refractivity contribution is -0.118. The molecule has 0 spiro atoms. The number of fused-ring (bicyclic) bond motifs is 1. The molecule has 0 atom stereocenters. The summed E-state index contributed by atoms with van der Waals surface area (Å²) in [4.78, 5) is 37.2. The summed E-state index contributed by atoms with van der Waals surface area (Å²) in [6.45, 7) is 9.25. The number of hydrogen-bond donors (Lipinski definition) is 1. The van der Waals surface area contributed by atoms with E-state index in [1.165, 1.54) is 5.56 Å². The first-order valence-corrected chi connectivity index (χ1v) is 11.9. The fraction of sp³-hybridized carbons (Fsp3) is 0.400. The maximum absolute atomic E-state index is 12.2. The van der Waals surface area contributed by atoms with Crippen LogP contribution >= 0.6 is 11.3 Å². The molecule has 0 saturated heterocycles. The van der Waals surface area contributed by atoms with Gasteiger partial charge in [0.05, 0.1) is 0 Å². The Morgan fingerprint density at radius 3 is 2.42 bits per heavy atom. The van der Waals surface area contributed by atoms with Crippen molar-refractivity contribution in [2.45, 2.75) is 59.9 Å². The molecule has 6 heteroatoms. The van der Waals surface area contributed by atoms with Crippen LogP contribution in [-0.2, 0) is 30.6 Å². The average Bonchev–Trinajstić information content (AvgIpc) is 3.33. The Labute approximate surface area is 188 Å². The number of anilines is 2. The highest BCUT2D eigenvalue weighted by Crippen LogP contribution is 2.26. The SMILES string of the molecule is CC.CC.Nc1c(N2CCc3ccc(CCC(=O)Cc4ccsc4)cc3C2)c(=O)c1=O. The molecule has 166 valence electrons. The first-order chi connectivity index (χ1) is 15.0. The van der Waals surface area contributed by atoms with Crippen LogP contribution in [0.5, 0.6) is 0 Å². The smallest absolute Gasteiger partial charge is 0.253 e. The average molecular weight is 441 g/mol. The molecule has 2 aromatic carbocycles. The lowest BCUT2D eigenvalue weighted by Crippen LogP contribution is -2.44. The van der Waals surface area contributed by atoms with Crippen LogP contribution in [0.4, 0.5) is 11.4 Å². The van der Waals surface area contributed by atoms with Gasteiger partial charge in [-0.3, -0.25) is 14.4 Å². The fourth-order valence-electron chi connectivity index (χ4n) is 3.66. The molecule has 2 N–H and O–H groups in total.